The molecule has 0 aromatic carbocycles. The van der Waals surface area contributed by atoms with Crippen molar-refractivity contribution in [3.8, 4) is 0 Å². The van der Waals surface area contributed by atoms with E-state index in [9.17, 15) is 0 Å². The largest absolute Gasteiger partial charge is 0.312 e. The van der Waals surface area contributed by atoms with Gasteiger partial charge in [0.05, 0.1) is 0 Å². The average Bonchev–Trinajstić information content (AvgIpc) is 2.79. The summed E-state index contributed by atoms with van der Waals surface area (Å²) in [5.74, 6) is 1.77. The summed E-state index contributed by atoms with van der Waals surface area (Å²) >= 11 is 1.91. The maximum atomic E-state index is 3.52. The summed E-state index contributed by atoms with van der Waals surface area (Å²) in [7, 11) is 2.10. The molecular formula is C13H21NS. The zero-order chi connectivity index (χ0) is 10.8. The number of aryl methyl sites for hydroxylation is 1. The third kappa shape index (κ3) is 2.26. The van der Waals surface area contributed by atoms with Crippen LogP contribution < -0.4 is 5.32 Å². The molecule has 0 aliphatic heterocycles. The molecular weight excluding hydrogens is 202 g/mol. The van der Waals surface area contributed by atoms with Gasteiger partial charge in [0.25, 0.3) is 0 Å². The predicted octanol–water partition coefficient (Wildman–Crippen LogP) is 3.75. The third-order valence-corrected chi connectivity index (χ3v) is 4.80. The quantitative estimate of drug-likeness (QED) is 0.823. The molecule has 3 atom stereocenters. The molecule has 1 heterocycles. The van der Waals surface area contributed by atoms with Crippen molar-refractivity contribution < 1.29 is 0 Å². The minimum atomic E-state index is 0.593. The van der Waals surface area contributed by atoms with Gasteiger partial charge in [0.2, 0.25) is 0 Å². The lowest BCUT2D eigenvalue weighted by Crippen LogP contribution is -2.23. The Kier molecular flexibility index (Phi) is 3.47. The number of thiophene rings is 1. The Morgan fingerprint density at radius 3 is 2.73 bits per heavy atom. The molecule has 1 aromatic rings. The first-order valence-corrected chi connectivity index (χ1v) is 6.81. The average molecular weight is 223 g/mol. The van der Waals surface area contributed by atoms with Gasteiger partial charge in [-0.1, -0.05) is 13.3 Å². The normalized spacial score (nSPS) is 28.2. The first-order chi connectivity index (χ1) is 7.22. The predicted molar refractivity (Wildman–Crippen MR) is 67.4 cm³/mol. The highest BCUT2D eigenvalue weighted by Crippen LogP contribution is 2.40. The molecule has 84 valence electrons. The molecule has 1 fully saturated rings. The van der Waals surface area contributed by atoms with Crippen molar-refractivity contribution in [1.82, 2.24) is 5.32 Å². The highest BCUT2D eigenvalue weighted by atomic mass is 32.1. The van der Waals surface area contributed by atoms with Gasteiger partial charge in [-0.15, -0.1) is 11.3 Å². The molecule has 1 N–H and O–H groups in total. The molecule has 0 spiro atoms. The van der Waals surface area contributed by atoms with Crippen LogP contribution in [0.3, 0.4) is 0 Å². The molecule has 1 aliphatic carbocycles. The fourth-order valence-corrected chi connectivity index (χ4v) is 3.97. The van der Waals surface area contributed by atoms with Gasteiger partial charge in [-0.2, -0.15) is 0 Å². The second kappa shape index (κ2) is 4.67. The summed E-state index contributed by atoms with van der Waals surface area (Å²) in [5, 5.41) is 5.73. The van der Waals surface area contributed by atoms with E-state index >= 15 is 0 Å². The molecule has 2 rings (SSSR count). The van der Waals surface area contributed by atoms with Crippen molar-refractivity contribution >= 4 is 11.3 Å². The summed E-state index contributed by atoms with van der Waals surface area (Å²) in [4.78, 5) is 1.55. The number of nitrogens with one attached hydrogen (secondary N) is 1. The Balaban J connectivity index is 2.14. The van der Waals surface area contributed by atoms with E-state index in [4.69, 9.17) is 0 Å². The van der Waals surface area contributed by atoms with Crippen LogP contribution in [0.25, 0.3) is 0 Å². The second-order valence-electron chi connectivity index (χ2n) is 4.91. The fourth-order valence-electron chi connectivity index (χ4n) is 2.84. The van der Waals surface area contributed by atoms with E-state index in [2.05, 4.69) is 37.7 Å². The van der Waals surface area contributed by atoms with E-state index in [-0.39, 0.29) is 0 Å². The van der Waals surface area contributed by atoms with Crippen LogP contribution in [0.1, 0.15) is 42.7 Å². The van der Waals surface area contributed by atoms with Crippen LogP contribution in [0.4, 0.5) is 0 Å². The van der Waals surface area contributed by atoms with E-state index in [1.807, 2.05) is 11.3 Å². The molecule has 0 radical (unpaired) electrons. The van der Waals surface area contributed by atoms with E-state index < -0.39 is 0 Å². The minimum absolute atomic E-state index is 0.593. The van der Waals surface area contributed by atoms with Gasteiger partial charge in [-0.3, -0.25) is 0 Å². The summed E-state index contributed by atoms with van der Waals surface area (Å²) in [5.41, 5.74) is 1.46. The topological polar surface area (TPSA) is 12.0 Å². The Bertz CT molecular complexity index is 318. The van der Waals surface area contributed by atoms with Crippen LogP contribution in [0.5, 0.6) is 0 Å². The molecule has 15 heavy (non-hydrogen) atoms. The first-order valence-electron chi connectivity index (χ1n) is 5.93. The Morgan fingerprint density at radius 2 is 2.27 bits per heavy atom. The van der Waals surface area contributed by atoms with Crippen LogP contribution >= 0.6 is 11.3 Å². The second-order valence-corrected chi connectivity index (χ2v) is 5.86. The lowest BCUT2D eigenvalue weighted by atomic mass is 9.94. The van der Waals surface area contributed by atoms with Gasteiger partial charge >= 0.3 is 0 Å². The summed E-state index contributed by atoms with van der Waals surface area (Å²) in [6.45, 7) is 4.61. The van der Waals surface area contributed by atoms with Gasteiger partial charge < -0.3 is 5.32 Å². The minimum Gasteiger partial charge on any atom is -0.312 e. The molecule has 1 nitrogen and oxygen atoms in total. The van der Waals surface area contributed by atoms with Crippen LogP contribution in [0.15, 0.2) is 11.4 Å². The molecule has 0 saturated heterocycles. The van der Waals surface area contributed by atoms with E-state index in [1.54, 1.807) is 4.88 Å². The van der Waals surface area contributed by atoms with Gasteiger partial charge in [-0.05, 0) is 55.7 Å². The lowest BCUT2D eigenvalue weighted by molar-refractivity contribution is 0.383. The van der Waals surface area contributed by atoms with Gasteiger partial charge in [-0.25, -0.2) is 0 Å². The smallest absolute Gasteiger partial charge is 0.0443 e. The summed E-state index contributed by atoms with van der Waals surface area (Å²) in [6, 6.07) is 2.83. The van der Waals surface area contributed by atoms with Crippen molar-refractivity contribution in [3.63, 3.8) is 0 Å². The molecule has 2 heteroatoms. The Hall–Kier alpha value is -0.340. The van der Waals surface area contributed by atoms with Crippen molar-refractivity contribution in [2.75, 3.05) is 7.05 Å². The van der Waals surface area contributed by atoms with Gasteiger partial charge in [0.1, 0.15) is 0 Å². The molecule has 1 aliphatic rings. The monoisotopic (exact) mass is 223 g/mol. The van der Waals surface area contributed by atoms with E-state index in [1.165, 1.54) is 24.8 Å². The van der Waals surface area contributed by atoms with Crippen LogP contribution in [0, 0.1) is 18.8 Å². The number of hydrogen-bond donors (Lipinski definition) is 1. The van der Waals surface area contributed by atoms with E-state index in [0.717, 1.165) is 11.8 Å². The maximum Gasteiger partial charge on any atom is 0.0443 e. The van der Waals surface area contributed by atoms with Crippen LogP contribution in [0.2, 0.25) is 0 Å². The zero-order valence-electron chi connectivity index (χ0n) is 9.92. The van der Waals surface area contributed by atoms with Gasteiger partial charge in [0.15, 0.2) is 0 Å². The first kappa shape index (κ1) is 11.2. The van der Waals surface area contributed by atoms with Crippen molar-refractivity contribution in [3.05, 3.63) is 21.9 Å². The van der Waals surface area contributed by atoms with Crippen LogP contribution in [-0.2, 0) is 0 Å². The van der Waals surface area contributed by atoms with Crippen molar-refractivity contribution in [1.29, 1.82) is 0 Å². The standard InChI is InChI=1S/C13H21NS/c1-9-4-5-11(8-9)12(14-3)13-10(2)6-7-15-13/h6-7,9,11-12,14H,4-5,8H2,1-3H3. The lowest BCUT2D eigenvalue weighted by Gasteiger charge is -2.23. The molecule has 1 aromatic heterocycles. The Labute approximate surface area is 96.9 Å². The van der Waals surface area contributed by atoms with Crippen molar-refractivity contribution in [2.24, 2.45) is 11.8 Å². The van der Waals surface area contributed by atoms with E-state index in [0.29, 0.717) is 6.04 Å². The zero-order valence-corrected chi connectivity index (χ0v) is 10.7. The summed E-state index contributed by atoms with van der Waals surface area (Å²) in [6.07, 6.45) is 4.19. The number of hydrogen-bond acceptors (Lipinski definition) is 2. The molecule has 0 bridgehead atoms. The van der Waals surface area contributed by atoms with Crippen molar-refractivity contribution in [2.45, 2.75) is 39.2 Å². The number of rotatable bonds is 3. The molecule has 1 saturated carbocycles. The van der Waals surface area contributed by atoms with Crippen LogP contribution in [-0.4, -0.2) is 7.05 Å². The highest BCUT2D eigenvalue weighted by Gasteiger charge is 2.30. The molecule has 0 amide bonds. The SMILES string of the molecule is CNC(c1sccc1C)C1CCC(C)C1. The fraction of sp³-hybridized carbons (Fsp3) is 0.692. The summed E-state index contributed by atoms with van der Waals surface area (Å²) < 4.78 is 0. The molecule has 3 unspecified atom stereocenters. The third-order valence-electron chi connectivity index (χ3n) is 3.70. The Morgan fingerprint density at radius 1 is 1.47 bits per heavy atom. The van der Waals surface area contributed by atoms with Gasteiger partial charge in [0, 0.05) is 10.9 Å². The highest BCUT2D eigenvalue weighted by molar-refractivity contribution is 7.10. The maximum absolute atomic E-state index is 3.52.